The molecular weight excluding hydrogens is 398 g/mol. The molecule has 166 valence electrons. The number of imide groups is 1. The number of hydrogen-bond acceptors (Lipinski definition) is 5. The predicted octanol–water partition coefficient (Wildman–Crippen LogP) is 2.26. The molecule has 0 unspecified atom stereocenters. The van der Waals surface area contributed by atoms with Crippen molar-refractivity contribution >= 4 is 17.8 Å². The van der Waals surface area contributed by atoms with Crippen LogP contribution < -0.4 is 14.8 Å². The van der Waals surface area contributed by atoms with E-state index < -0.39 is 17.5 Å². The molecule has 0 bridgehead atoms. The van der Waals surface area contributed by atoms with E-state index >= 15 is 0 Å². The van der Waals surface area contributed by atoms with Crippen LogP contribution in [-0.2, 0) is 15.1 Å². The first kappa shape index (κ1) is 20.2. The van der Waals surface area contributed by atoms with Crippen LogP contribution in [0.4, 0.5) is 4.79 Å². The molecule has 3 aliphatic heterocycles. The van der Waals surface area contributed by atoms with Gasteiger partial charge in [-0.15, -0.1) is 0 Å². The number of carbonyl (C=O) groups excluding carboxylic acids is 3. The van der Waals surface area contributed by atoms with Crippen molar-refractivity contribution in [3.05, 3.63) is 23.8 Å². The Morgan fingerprint density at radius 3 is 2.65 bits per heavy atom. The number of carbonyl (C=O) groups is 3. The number of fused-ring (bicyclic) bond motifs is 2. The van der Waals surface area contributed by atoms with Crippen LogP contribution in [0.15, 0.2) is 18.2 Å². The fourth-order valence-electron chi connectivity index (χ4n) is 5.45. The van der Waals surface area contributed by atoms with E-state index in [4.69, 9.17) is 9.47 Å². The maximum Gasteiger partial charge on any atom is 0.325 e. The van der Waals surface area contributed by atoms with E-state index in [0.29, 0.717) is 48.7 Å². The summed E-state index contributed by atoms with van der Waals surface area (Å²) >= 11 is 0. The topological polar surface area (TPSA) is 88.2 Å². The van der Waals surface area contributed by atoms with Crippen LogP contribution >= 0.6 is 0 Å². The van der Waals surface area contributed by atoms with E-state index in [1.54, 1.807) is 25.1 Å². The molecule has 1 saturated carbocycles. The highest BCUT2D eigenvalue weighted by molar-refractivity contribution is 6.09. The van der Waals surface area contributed by atoms with Gasteiger partial charge in [0, 0.05) is 13.1 Å². The van der Waals surface area contributed by atoms with Crippen molar-refractivity contribution in [3.8, 4) is 11.5 Å². The summed E-state index contributed by atoms with van der Waals surface area (Å²) in [6, 6.07) is 4.69. The number of benzene rings is 1. The third-order valence-electron chi connectivity index (χ3n) is 7.33. The van der Waals surface area contributed by atoms with Crippen LogP contribution in [0.2, 0.25) is 0 Å². The molecule has 2 saturated heterocycles. The molecule has 3 atom stereocenters. The van der Waals surface area contributed by atoms with Crippen molar-refractivity contribution in [1.29, 1.82) is 0 Å². The molecule has 31 heavy (non-hydrogen) atoms. The van der Waals surface area contributed by atoms with E-state index in [2.05, 4.69) is 5.32 Å². The fourth-order valence-corrected chi connectivity index (χ4v) is 5.45. The number of likely N-dealkylation sites (tertiary alicyclic amines) is 1. The quantitative estimate of drug-likeness (QED) is 0.748. The minimum Gasteiger partial charge on any atom is -0.486 e. The first-order chi connectivity index (χ1) is 15.0. The van der Waals surface area contributed by atoms with Crippen LogP contribution in [0.1, 0.15) is 44.6 Å². The van der Waals surface area contributed by atoms with Crippen molar-refractivity contribution in [2.45, 2.75) is 44.6 Å². The zero-order chi connectivity index (χ0) is 21.6. The van der Waals surface area contributed by atoms with Gasteiger partial charge in [-0.1, -0.05) is 25.3 Å². The molecule has 0 aromatic heterocycles. The molecule has 4 aliphatic rings. The van der Waals surface area contributed by atoms with Crippen molar-refractivity contribution in [2.75, 3.05) is 32.8 Å². The summed E-state index contributed by atoms with van der Waals surface area (Å²) in [7, 11) is 0. The number of ether oxygens (including phenoxy) is 2. The van der Waals surface area contributed by atoms with Crippen LogP contribution in [0.3, 0.4) is 0 Å². The second kappa shape index (κ2) is 7.73. The zero-order valence-electron chi connectivity index (χ0n) is 17.9. The van der Waals surface area contributed by atoms with Crippen molar-refractivity contribution < 1.29 is 23.9 Å². The lowest BCUT2D eigenvalue weighted by molar-refractivity contribution is -0.140. The molecule has 1 aromatic carbocycles. The molecule has 0 spiro atoms. The first-order valence-corrected chi connectivity index (χ1v) is 11.3. The van der Waals surface area contributed by atoms with E-state index in [9.17, 15) is 14.4 Å². The minimum absolute atomic E-state index is 0.154. The van der Waals surface area contributed by atoms with E-state index in [-0.39, 0.29) is 12.5 Å². The normalized spacial score (nSPS) is 30.1. The summed E-state index contributed by atoms with van der Waals surface area (Å²) in [6.45, 7) is 3.81. The maximum absolute atomic E-state index is 13.3. The lowest BCUT2D eigenvalue weighted by Gasteiger charge is -2.41. The van der Waals surface area contributed by atoms with Gasteiger partial charge in [0.2, 0.25) is 5.91 Å². The molecule has 8 nitrogen and oxygen atoms in total. The summed E-state index contributed by atoms with van der Waals surface area (Å²) in [5.74, 6) is 1.87. The van der Waals surface area contributed by atoms with Gasteiger partial charge < -0.3 is 19.7 Å². The van der Waals surface area contributed by atoms with E-state index in [0.717, 1.165) is 17.9 Å². The van der Waals surface area contributed by atoms with Crippen LogP contribution in [0, 0.1) is 11.8 Å². The summed E-state index contributed by atoms with van der Waals surface area (Å²) in [4.78, 5) is 41.8. The molecule has 4 amide bonds. The smallest absolute Gasteiger partial charge is 0.325 e. The van der Waals surface area contributed by atoms with E-state index in [1.165, 1.54) is 25.7 Å². The summed E-state index contributed by atoms with van der Waals surface area (Å²) < 4.78 is 11.2. The van der Waals surface area contributed by atoms with Gasteiger partial charge in [-0.05, 0) is 49.3 Å². The van der Waals surface area contributed by atoms with Gasteiger partial charge in [-0.25, -0.2) is 4.79 Å². The summed E-state index contributed by atoms with van der Waals surface area (Å²) in [5.41, 5.74) is -0.642. The molecule has 1 aliphatic carbocycles. The monoisotopic (exact) mass is 427 g/mol. The van der Waals surface area contributed by atoms with Crippen molar-refractivity contribution in [3.63, 3.8) is 0 Å². The molecule has 3 fully saturated rings. The Kier molecular flexibility index (Phi) is 5.02. The van der Waals surface area contributed by atoms with Gasteiger partial charge in [0.05, 0.1) is 0 Å². The number of piperidine rings is 1. The highest BCUT2D eigenvalue weighted by atomic mass is 16.6. The molecular formula is C23H29N3O5. The van der Waals surface area contributed by atoms with Gasteiger partial charge in [-0.3, -0.25) is 14.5 Å². The molecule has 5 rings (SSSR count). The molecule has 1 N–H and O–H groups in total. The number of rotatable bonds is 3. The number of hydrogen-bond donors (Lipinski definition) is 1. The number of nitrogens with zero attached hydrogens (tertiary/aromatic N) is 2. The lowest BCUT2D eigenvalue weighted by atomic mass is 9.75. The number of nitrogens with one attached hydrogen (secondary N) is 1. The number of urea groups is 1. The Bertz CT molecular complexity index is 918. The average molecular weight is 428 g/mol. The second-order valence-corrected chi connectivity index (χ2v) is 9.24. The third-order valence-corrected chi connectivity index (χ3v) is 7.33. The van der Waals surface area contributed by atoms with Crippen molar-refractivity contribution in [1.82, 2.24) is 15.1 Å². The Morgan fingerprint density at radius 2 is 1.84 bits per heavy atom. The highest BCUT2D eigenvalue weighted by Gasteiger charge is 2.50. The van der Waals surface area contributed by atoms with Gasteiger partial charge >= 0.3 is 6.03 Å². The Labute approximate surface area is 181 Å². The SMILES string of the molecule is C[C@]1(c2ccc3c(c2)OCCO3)NC(=O)N(CC(=O)N2CC[C@H]3CCCC[C@@H]3C2)C1=O. The third kappa shape index (κ3) is 3.51. The number of amides is 4. The zero-order valence-corrected chi connectivity index (χ0v) is 17.9. The van der Waals surface area contributed by atoms with Gasteiger partial charge in [0.15, 0.2) is 11.5 Å². The molecule has 8 heteroatoms. The highest BCUT2D eigenvalue weighted by Crippen LogP contribution is 2.38. The van der Waals surface area contributed by atoms with Crippen LogP contribution in [-0.4, -0.2) is 60.5 Å². The Morgan fingerprint density at radius 1 is 1.10 bits per heavy atom. The largest absolute Gasteiger partial charge is 0.486 e. The van der Waals surface area contributed by atoms with Gasteiger partial charge in [0.25, 0.3) is 5.91 Å². The fraction of sp³-hybridized carbons (Fsp3) is 0.609. The van der Waals surface area contributed by atoms with Gasteiger partial charge in [-0.2, -0.15) is 0 Å². The van der Waals surface area contributed by atoms with Crippen LogP contribution in [0.25, 0.3) is 0 Å². The lowest BCUT2D eigenvalue weighted by Crippen LogP contribution is -2.49. The van der Waals surface area contributed by atoms with Crippen LogP contribution in [0.5, 0.6) is 11.5 Å². The maximum atomic E-state index is 13.3. The average Bonchev–Trinajstić information content (AvgIpc) is 3.02. The summed E-state index contributed by atoms with van der Waals surface area (Å²) in [5, 5.41) is 2.78. The van der Waals surface area contributed by atoms with Gasteiger partial charge in [0.1, 0.15) is 25.3 Å². The molecule has 0 radical (unpaired) electrons. The Hall–Kier alpha value is -2.77. The standard InChI is InChI=1S/C23H29N3O5/c1-23(17-6-7-18-19(12-17)31-11-10-30-18)21(28)26(22(29)24-23)14-20(27)25-9-8-15-4-2-3-5-16(15)13-25/h6-7,12,15-16H,2-5,8-11,13-14H2,1H3,(H,24,29)/t15-,16-,23-/m1/s1. The minimum atomic E-state index is -1.25. The molecule has 3 heterocycles. The first-order valence-electron chi connectivity index (χ1n) is 11.3. The predicted molar refractivity (Wildman–Crippen MR) is 112 cm³/mol. The molecule has 1 aromatic rings. The summed E-state index contributed by atoms with van der Waals surface area (Å²) in [6.07, 6.45) is 5.96. The van der Waals surface area contributed by atoms with E-state index in [1.807, 2.05) is 4.90 Å². The second-order valence-electron chi connectivity index (χ2n) is 9.24. The van der Waals surface area contributed by atoms with Crippen molar-refractivity contribution in [2.24, 2.45) is 11.8 Å². The Balaban J connectivity index is 1.29.